The standard InChI is InChI=1S/C16H21NOS/c1-3-15(17-4-2)14-7-5-6-8-16(14)18-11-13-9-10-19-12-13/h5-10,12,15,17H,3-4,11H2,1-2H3. The first kappa shape index (κ1) is 14.1. The Morgan fingerprint density at radius 3 is 2.74 bits per heavy atom. The van der Waals surface area contributed by atoms with Gasteiger partial charge in [-0.15, -0.1) is 0 Å². The third-order valence-electron chi connectivity index (χ3n) is 3.13. The van der Waals surface area contributed by atoms with Crippen LogP contribution in [-0.4, -0.2) is 6.54 Å². The van der Waals surface area contributed by atoms with Gasteiger partial charge in [-0.1, -0.05) is 32.0 Å². The molecule has 0 amide bonds. The molecular weight excluding hydrogens is 254 g/mol. The van der Waals surface area contributed by atoms with E-state index in [4.69, 9.17) is 4.74 Å². The van der Waals surface area contributed by atoms with Crippen LogP contribution in [0.1, 0.15) is 37.4 Å². The molecule has 3 heteroatoms. The lowest BCUT2D eigenvalue weighted by Crippen LogP contribution is -2.20. The van der Waals surface area contributed by atoms with E-state index in [1.165, 1.54) is 11.1 Å². The van der Waals surface area contributed by atoms with Crippen LogP contribution >= 0.6 is 11.3 Å². The number of para-hydroxylation sites is 1. The van der Waals surface area contributed by atoms with Crippen molar-refractivity contribution in [3.05, 3.63) is 52.2 Å². The van der Waals surface area contributed by atoms with E-state index in [1.54, 1.807) is 11.3 Å². The minimum Gasteiger partial charge on any atom is -0.489 e. The first-order chi connectivity index (χ1) is 9.35. The molecule has 2 nitrogen and oxygen atoms in total. The van der Waals surface area contributed by atoms with Crippen LogP contribution in [0.5, 0.6) is 5.75 Å². The maximum absolute atomic E-state index is 5.98. The third kappa shape index (κ3) is 3.82. The van der Waals surface area contributed by atoms with Crippen LogP contribution in [-0.2, 0) is 6.61 Å². The molecule has 1 aromatic heterocycles. The van der Waals surface area contributed by atoms with Gasteiger partial charge in [0.15, 0.2) is 0 Å². The number of hydrogen-bond donors (Lipinski definition) is 1. The normalized spacial score (nSPS) is 12.3. The van der Waals surface area contributed by atoms with E-state index >= 15 is 0 Å². The van der Waals surface area contributed by atoms with Crippen LogP contribution in [0.4, 0.5) is 0 Å². The van der Waals surface area contributed by atoms with Crippen molar-refractivity contribution in [2.75, 3.05) is 6.54 Å². The van der Waals surface area contributed by atoms with E-state index < -0.39 is 0 Å². The van der Waals surface area contributed by atoms with Crippen molar-refractivity contribution in [3.8, 4) is 5.75 Å². The van der Waals surface area contributed by atoms with Crippen LogP contribution in [0.3, 0.4) is 0 Å². The van der Waals surface area contributed by atoms with E-state index in [-0.39, 0.29) is 0 Å². The Kier molecular flexibility index (Phi) is 5.43. The molecular formula is C16H21NOS. The van der Waals surface area contributed by atoms with E-state index in [2.05, 4.69) is 54.2 Å². The summed E-state index contributed by atoms with van der Waals surface area (Å²) in [5, 5.41) is 7.71. The number of ether oxygens (including phenoxy) is 1. The van der Waals surface area contributed by atoms with Crippen molar-refractivity contribution < 1.29 is 4.74 Å². The summed E-state index contributed by atoms with van der Waals surface area (Å²) in [7, 11) is 0. The molecule has 0 aliphatic rings. The fraction of sp³-hybridized carbons (Fsp3) is 0.375. The molecule has 2 aromatic rings. The molecule has 0 spiro atoms. The number of rotatable bonds is 7. The summed E-state index contributed by atoms with van der Waals surface area (Å²) in [6.07, 6.45) is 1.06. The first-order valence-corrected chi connectivity index (χ1v) is 7.75. The van der Waals surface area contributed by atoms with Gasteiger partial charge in [-0.3, -0.25) is 0 Å². The van der Waals surface area contributed by atoms with Crippen LogP contribution < -0.4 is 10.1 Å². The highest BCUT2D eigenvalue weighted by Crippen LogP contribution is 2.27. The maximum Gasteiger partial charge on any atom is 0.124 e. The summed E-state index contributed by atoms with van der Waals surface area (Å²) in [4.78, 5) is 0. The van der Waals surface area contributed by atoms with Crippen LogP contribution in [0.2, 0.25) is 0 Å². The maximum atomic E-state index is 5.98. The molecule has 0 saturated carbocycles. The molecule has 102 valence electrons. The minimum atomic E-state index is 0.365. The molecule has 0 fully saturated rings. The third-order valence-corrected chi connectivity index (χ3v) is 3.86. The molecule has 0 aliphatic heterocycles. The summed E-state index contributed by atoms with van der Waals surface area (Å²) < 4.78 is 5.98. The fourth-order valence-corrected chi connectivity index (χ4v) is 2.81. The van der Waals surface area contributed by atoms with Crippen LogP contribution in [0.15, 0.2) is 41.1 Å². The van der Waals surface area contributed by atoms with E-state index in [1.807, 2.05) is 6.07 Å². The minimum absolute atomic E-state index is 0.365. The lowest BCUT2D eigenvalue weighted by Gasteiger charge is -2.20. The topological polar surface area (TPSA) is 21.3 Å². The zero-order chi connectivity index (χ0) is 13.5. The number of thiophene rings is 1. The molecule has 1 atom stereocenters. The second kappa shape index (κ2) is 7.31. The Balaban J connectivity index is 2.11. The van der Waals surface area contributed by atoms with Gasteiger partial charge in [-0.05, 0) is 41.4 Å². The average molecular weight is 275 g/mol. The number of hydrogen-bond acceptors (Lipinski definition) is 3. The average Bonchev–Trinajstić information content (AvgIpc) is 2.96. The van der Waals surface area contributed by atoms with Crippen molar-refractivity contribution in [1.29, 1.82) is 0 Å². The Morgan fingerprint density at radius 1 is 1.21 bits per heavy atom. The number of nitrogens with one attached hydrogen (secondary N) is 1. The quantitative estimate of drug-likeness (QED) is 0.809. The first-order valence-electron chi connectivity index (χ1n) is 6.81. The Morgan fingerprint density at radius 2 is 2.05 bits per heavy atom. The second-order valence-corrected chi connectivity index (χ2v) is 5.26. The molecule has 0 saturated heterocycles. The van der Waals surface area contributed by atoms with Gasteiger partial charge in [0, 0.05) is 11.6 Å². The van der Waals surface area contributed by atoms with Crippen LogP contribution in [0.25, 0.3) is 0 Å². The predicted molar refractivity (Wildman–Crippen MR) is 81.8 cm³/mol. The summed E-state index contributed by atoms with van der Waals surface area (Å²) in [5.74, 6) is 0.988. The Labute approximate surface area is 119 Å². The highest BCUT2D eigenvalue weighted by atomic mass is 32.1. The molecule has 0 bridgehead atoms. The molecule has 0 radical (unpaired) electrons. The highest BCUT2D eigenvalue weighted by molar-refractivity contribution is 7.07. The SMILES string of the molecule is CCNC(CC)c1ccccc1OCc1ccsc1. The molecule has 1 N–H and O–H groups in total. The Hall–Kier alpha value is -1.32. The van der Waals surface area contributed by atoms with Gasteiger partial charge >= 0.3 is 0 Å². The van der Waals surface area contributed by atoms with Gasteiger partial charge in [0.25, 0.3) is 0 Å². The van der Waals surface area contributed by atoms with E-state index in [0.29, 0.717) is 12.6 Å². The molecule has 2 rings (SSSR count). The van der Waals surface area contributed by atoms with Gasteiger partial charge in [0.1, 0.15) is 12.4 Å². The molecule has 1 aromatic carbocycles. The van der Waals surface area contributed by atoms with E-state index in [9.17, 15) is 0 Å². The smallest absolute Gasteiger partial charge is 0.124 e. The second-order valence-electron chi connectivity index (χ2n) is 4.48. The van der Waals surface area contributed by atoms with Crippen LogP contribution in [0, 0.1) is 0 Å². The van der Waals surface area contributed by atoms with Crippen molar-refractivity contribution in [2.45, 2.75) is 32.9 Å². The molecule has 19 heavy (non-hydrogen) atoms. The summed E-state index contributed by atoms with van der Waals surface area (Å²) in [6, 6.07) is 10.8. The van der Waals surface area contributed by atoms with Crippen molar-refractivity contribution in [2.24, 2.45) is 0 Å². The largest absolute Gasteiger partial charge is 0.489 e. The summed E-state index contributed by atoms with van der Waals surface area (Å²) in [6.45, 7) is 5.95. The zero-order valence-electron chi connectivity index (χ0n) is 11.6. The molecule has 1 unspecified atom stereocenters. The van der Waals surface area contributed by atoms with Gasteiger partial charge in [0.05, 0.1) is 0 Å². The summed E-state index contributed by atoms with van der Waals surface area (Å²) in [5.41, 5.74) is 2.48. The van der Waals surface area contributed by atoms with Crippen molar-refractivity contribution in [1.82, 2.24) is 5.32 Å². The molecule has 1 heterocycles. The summed E-state index contributed by atoms with van der Waals surface area (Å²) >= 11 is 1.71. The van der Waals surface area contributed by atoms with Gasteiger partial charge in [0.2, 0.25) is 0 Å². The van der Waals surface area contributed by atoms with Crippen molar-refractivity contribution in [3.63, 3.8) is 0 Å². The molecule has 0 aliphatic carbocycles. The monoisotopic (exact) mass is 275 g/mol. The zero-order valence-corrected chi connectivity index (χ0v) is 12.4. The van der Waals surface area contributed by atoms with Gasteiger partial charge in [-0.25, -0.2) is 0 Å². The lowest BCUT2D eigenvalue weighted by atomic mass is 10.0. The van der Waals surface area contributed by atoms with Gasteiger partial charge in [-0.2, -0.15) is 11.3 Å². The highest BCUT2D eigenvalue weighted by Gasteiger charge is 2.13. The van der Waals surface area contributed by atoms with Gasteiger partial charge < -0.3 is 10.1 Å². The van der Waals surface area contributed by atoms with Crippen molar-refractivity contribution >= 4 is 11.3 Å². The fourth-order valence-electron chi connectivity index (χ4n) is 2.16. The number of benzene rings is 1. The lowest BCUT2D eigenvalue weighted by molar-refractivity contribution is 0.299. The Bertz CT molecular complexity index is 481. The van der Waals surface area contributed by atoms with E-state index in [0.717, 1.165) is 18.7 Å². The predicted octanol–water partition coefficient (Wildman–Crippen LogP) is 4.39.